The molecule has 104 valence electrons. The molecule has 0 bridgehead atoms. The van der Waals surface area contributed by atoms with Crippen molar-refractivity contribution in [1.82, 2.24) is 0 Å². The summed E-state index contributed by atoms with van der Waals surface area (Å²) in [5.74, 6) is 1.98. The lowest BCUT2D eigenvalue weighted by molar-refractivity contribution is 0.0915. The van der Waals surface area contributed by atoms with Gasteiger partial charge in [-0.05, 0) is 43.7 Å². The highest BCUT2D eigenvalue weighted by Crippen LogP contribution is 2.36. The summed E-state index contributed by atoms with van der Waals surface area (Å²) < 4.78 is 5.70. The fraction of sp³-hybridized carbons (Fsp3) is 0.588. The van der Waals surface area contributed by atoms with Crippen molar-refractivity contribution in [3.63, 3.8) is 0 Å². The van der Waals surface area contributed by atoms with Crippen LogP contribution in [0, 0.1) is 11.8 Å². The third-order valence-electron chi connectivity index (χ3n) is 4.10. The second-order valence-electron chi connectivity index (χ2n) is 5.49. The molecule has 1 aromatic rings. The standard InChI is InChI=1S/C17H24O2/c1-3-11-19-16-8-6-5-7-15(16)17(18)14-10-9-13(4-2)12-14/h5-8,13-14H,3-4,9-12H2,1-2H3. The summed E-state index contributed by atoms with van der Waals surface area (Å²) in [7, 11) is 0. The minimum atomic E-state index is 0.205. The molecule has 0 aliphatic heterocycles. The number of hydrogen-bond acceptors (Lipinski definition) is 2. The number of carbonyl (C=O) groups is 1. The highest BCUT2D eigenvalue weighted by Gasteiger charge is 2.30. The van der Waals surface area contributed by atoms with Crippen molar-refractivity contribution >= 4 is 5.78 Å². The van der Waals surface area contributed by atoms with E-state index in [2.05, 4.69) is 13.8 Å². The monoisotopic (exact) mass is 260 g/mol. The number of Topliss-reactive ketones (excluding diaryl/α,β-unsaturated/α-hetero) is 1. The molecule has 1 fully saturated rings. The number of benzene rings is 1. The fourth-order valence-electron chi connectivity index (χ4n) is 2.91. The van der Waals surface area contributed by atoms with Crippen molar-refractivity contribution < 1.29 is 9.53 Å². The smallest absolute Gasteiger partial charge is 0.169 e. The number of hydrogen-bond donors (Lipinski definition) is 0. The van der Waals surface area contributed by atoms with E-state index in [1.54, 1.807) is 0 Å². The van der Waals surface area contributed by atoms with Gasteiger partial charge in [0.2, 0.25) is 0 Å². The summed E-state index contributed by atoms with van der Waals surface area (Å²) in [6.07, 6.45) is 5.45. The average Bonchev–Trinajstić information content (AvgIpc) is 2.93. The van der Waals surface area contributed by atoms with Gasteiger partial charge < -0.3 is 4.74 Å². The van der Waals surface area contributed by atoms with Gasteiger partial charge in [-0.2, -0.15) is 0 Å². The molecule has 0 N–H and O–H groups in total. The van der Waals surface area contributed by atoms with Crippen LogP contribution in [-0.2, 0) is 0 Å². The molecule has 0 radical (unpaired) electrons. The van der Waals surface area contributed by atoms with Crippen LogP contribution in [0.4, 0.5) is 0 Å². The van der Waals surface area contributed by atoms with Gasteiger partial charge in [0.25, 0.3) is 0 Å². The third-order valence-corrected chi connectivity index (χ3v) is 4.10. The highest BCUT2D eigenvalue weighted by atomic mass is 16.5. The Bertz CT molecular complexity index is 425. The van der Waals surface area contributed by atoms with Gasteiger partial charge in [0, 0.05) is 5.92 Å². The molecule has 1 saturated carbocycles. The Balaban J connectivity index is 2.10. The summed E-state index contributed by atoms with van der Waals surface area (Å²) in [4.78, 5) is 12.6. The Hall–Kier alpha value is -1.31. The van der Waals surface area contributed by atoms with Gasteiger partial charge in [0.15, 0.2) is 5.78 Å². The number of rotatable bonds is 6. The van der Waals surface area contributed by atoms with Crippen molar-refractivity contribution in [2.24, 2.45) is 11.8 Å². The molecule has 2 heteroatoms. The second kappa shape index (κ2) is 6.74. The van der Waals surface area contributed by atoms with Crippen LogP contribution in [0.5, 0.6) is 5.75 Å². The molecule has 0 amide bonds. The summed E-state index contributed by atoms with van der Waals surface area (Å²) in [5, 5.41) is 0. The number of ether oxygens (including phenoxy) is 1. The van der Waals surface area contributed by atoms with Gasteiger partial charge in [0.05, 0.1) is 12.2 Å². The predicted molar refractivity (Wildman–Crippen MR) is 77.7 cm³/mol. The molecule has 2 unspecified atom stereocenters. The van der Waals surface area contributed by atoms with Crippen LogP contribution in [0.1, 0.15) is 56.3 Å². The first-order valence-corrected chi connectivity index (χ1v) is 7.52. The summed E-state index contributed by atoms with van der Waals surface area (Å²) in [5.41, 5.74) is 0.776. The zero-order chi connectivity index (χ0) is 13.7. The van der Waals surface area contributed by atoms with Gasteiger partial charge in [-0.3, -0.25) is 4.79 Å². The van der Waals surface area contributed by atoms with Crippen molar-refractivity contribution in [2.75, 3.05) is 6.61 Å². The number of para-hydroxylation sites is 1. The quantitative estimate of drug-likeness (QED) is 0.705. The lowest BCUT2D eigenvalue weighted by Gasteiger charge is -2.13. The molecule has 2 rings (SSSR count). The summed E-state index contributed by atoms with van der Waals surface area (Å²) in [6.45, 7) is 4.97. The van der Waals surface area contributed by atoms with Crippen molar-refractivity contribution in [1.29, 1.82) is 0 Å². The van der Waals surface area contributed by atoms with E-state index in [9.17, 15) is 4.79 Å². The number of carbonyl (C=O) groups excluding carboxylic acids is 1. The summed E-state index contributed by atoms with van der Waals surface area (Å²) >= 11 is 0. The van der Waals surface area contributed by atoms with E-state index in [0.717, 1.165) is 36.5 Å². The Kier molecular flexibility index (Phi) is 5.00. The van der Waals surface area contributed by atoms with E-state index in [-0.39, 0.29) is 11.7 Å². The van der Waals surface area contributed by atoms with Crippen molar-refractivity contribution in [3.8, 4) is 5.75 Å². The maximum absolute atomic E-state index is 12.6. The van der Waals surface area contributed by atoms with Crippen molar-refractivity contribution in [2.45, 2.75) is 46.0 Å². The SMILES string of the molecule is CCCOc1ccccc1C(=O)C1CCC(CC)C1. The first-order valence-electron chi connectivity index (χ1n) is 7.52. The Morgan fingerprint density at radius 2 is 2.05 bits per heavy atom. The molecule has 2 atom stereocenters. The topological polar surface area (TPSA) is 26.3 Å². The highest BCUT2D eigenvalue weighted by molar-refractivity contribution is 6.00. The van der Waals surface area contributed by atoms with Crippen molar-refractivity contribution in [3.05, 3.63) is 29.8 Å². The van der Waals surface area contributed by atoms with Gasteiger partial charge in [0.1, 0.15) is 5.75 Å². The molecule has 19 heavy (non-hydrogen) atoms. The van der Waals surface area contributed by atoms with E-state index in [0.29, 0.717) is 6.61 Å². The Morgan fingerprint density at radius 3 is 2.74 bits per heavy atom. The molecule has 1 aliphatic carbocycles. The largest absolute Gasteiger partial charge is 0.493 e. The Labute approximate surface area is 116 Å². The number of ketones is 1. The molecule has 0 heterocycles. The van der Waals surface area contributed by atoms with Crippen LogP contribution in [0.15, 0.2) is 24.3 Å². The molecule has 0 saturated heterocycles. The average molecular weight is 260 g/mol. The van der Waals surface area contributed by atoms with Crippen LogP contribution in [0.3, 0.4) is 0 Å². The maximum atomic E-state index is 12.6. The molecule has 1 aliphatic rings. The molecular formula is C17H24O2. The van der Waals surface area contributed by atoms with Crippen LogP contribution in [0.2, 0.25) is 0 Å². The zero-order valence-electron chi connectivity index (χ0n) is 12.0. The lowest BCUT2D eigenvalue weighted by atomic mass is 9.94. The van der Waals surface area contributed by atoms with Gasteiger partial charge >= 0.3 is 0 Å². The van der Waals surface area contributed by atoms with Crippen LogP contribution >= 0.6 is 0 Å². The molecule has 1 aromatic carbocycles. The van der Waals surface area contributed by atoms with E-state index in [1.165, 1.54) is 12.8 Å². The van der Waals surface area contributed by atoms with E-state index in [1.807, 2.05) is 24.3 Å². The molecule has 0 aromatic heterocycles. The molecule has 0 spiro atoms. The van der Waals surface area contributed by atoms with Crippen LogP contribution < -0.4 is 4.74 Å². The molecular weight excluding hydrogens is 236 g/mol. The van der Waals surface area contributed by atoms with Gasteiger partial charge in [-0.25, -0.2) is 0 Å². The lowest BCUT2D eigenvalue weighted by Crippen LogP contribution is -2.13. The van der Waals surface area contributed by atoms with E-state index in [4.69, 9.17) is 4.74 Å². The Morgan fingerprint density at radius 1 is 1.26 bits per heavy atom. The minimum Gasteiger partial charge on any atom is -0.493 e. The van der Waals surface area contributed by atoms with E-state index < -0.39 is 0 Å². The fourth-order valence-corrected chi connectivity index (χ4v) is 2.91. The van der Waals surface area contributed by atoms with Gasteiger partial charge in [-0.15, -0.1) is 0 Å². The maximum Gasteiger partial charge on any atom is 0.169 e. The predicted octanol–water partition coefficient (Wildman–Crippen LogP) is 4.48. The van der Waals surface area contributed by atoms with E-state index >= 15 is 0 Å². The normalized spacial score (nSPS) is 22.4. The first-order chi connectivity index (χ1) is 9.26. The third kappa shape index (κ3) is 3.37. The minimum absolute atomic E-state index is 0.205. The molecule has 2 nitrogen and oxygen atoms in total. The van der Waals surface area contributed by atoms with Crippen LogP contribution in [-0.4, -0.2) is 12.4 Å². The summed E-state index contributed by atoms with van der Waals surface area (Å²) in [6, 6.07) is 7.69. The van der Waals surface area contributed by atoms with Gasteiger partial charge in [-0.1, -0.05) is 32.4 Å². The zero-order valence-corrected chi connectivity index (χ0v) is 12.0. The first kappa shape index (κ1) is 14.1. The second-order valence-corrected chi connectivity index (χ2v) is 5.49. The van der Waals surface area contributed by atoms with Crippen LogP contribution in [0.25, 0.3) is 0 Å².